The van der Waals surface area contributed by atoms with Crippen molar-refractivity contribution in [2.75, 3.05) is 38.3 Å². The second-order valence-corrected chi connectivity index (χ2v) is 6.80. The Morgan fingerprint density at radius 1 is 1.15 bits per heavy atom. The topological polar surface area (TPSA) is 97.0 Å². The average Bonchev–Trinajstić information content (AvgIpc) is 3.09. The normalized spacial score (nSPS) is 16.8. The van der Waals surface area contributed by atoms with Crippen molar-refractivity contribution in [2.24, 2.45) is 5.92 Å². The second-order valence-electron chi connectivity index (χ2n) is 6.80. The Morgan fingerprint density at radius 3 is 2.44 bits per heavy atom. The lowest BCUT2D eigenvalue weighted by Crippen LogP contribution is -2.43. The number of nitrogens with zero attached hydrogens (tertiary/aromatic N) is 1. The van der Waals surface area contributed by atoms with Crippen LogP contribution in [0, 0.1) is 5.92 Å². The molecule has 8 nitrogen and oxygen atoms in total. The molecule has 2 heterocycles. The third-order valence-electron chi connectivity index (χ3n) is 4.84. The summed E-state index contributed by atoms with van der Waals surface area (Å²) in [5.41, 5.74) is 0.816. The van der Waals surface area contributed by atoms with Gasteiger partial charge in [-0.15, -0.1) is 0 Å². The van der Waals surface area contributed by atoms with Crippen LogP contribution >= 0.6 is 0 Å². The third kappa shape index (κ3) is 4.57. The summed E-state index contributed by atoms with van der Waals surface area (Å²) in [4.78, 5) is 38.3. The smallest absolute Gasteiger partial charge is 0.238 e. The van der Waals surface area contributed by atoms with Gasteiger partial charge in [-0.1, -0.05) is 0 Å². The molecule has 0 aliphatic carbocycles. The lowest BCUT2D eigenvalue weighted by Gasteiger charge is -2.30. The lowest BCUT2D eigenvalue weighted by atomic mass is 9.96. The van der Waals surface area contributed by atoms with E-state index in [1.165, 1.54) is 6.92 Å². The van der Waals surface area contributed by atoms with Gasteiger partial charge >= 0.3 is 0 Å². The largest absolute Gasteiger partial charge is 0.454 e. The van der Waals surface area contributed by atoms with Crippen molar-refractivity contribution in [2.45, 2.75) is 26.7 Å². The van der Waals surface area contributed by atoms with Crippen LogP contribution in [0.15, 0.2) is 12.1 Å². The van der Waals surface area contributed by atoms with E-state index in [0.717, 1.165) is 12.8 Å². The number of carbonyl (C=O) groups is 3. The molecule has 3 rings (SSSR count). The number of piperidine rings is 1. The molecular formula is C19H25N3O5. The second kappa shape index (κ2) is 8.39. The van der Waals surface area contributed by atoms with Crippen LogP contribution in [0.25, 0.3) is 0 Å². The van der Waals surface area contributed by atoms with E-state index in [4.69, 9.17) is 9.47 Å². The van der Waals surface area contributed by atoms with Gasteiger partial charge in [0.05, 0.1) is 12.2 Å². The minimum absolute atomic E-state index is 0.0161. The van der Waals surface area contributed by atoms with E-state index in [2.05, 4.69) is 10.6 Å². The highest BCUT2D eigenvalue weighted by molar-refractivity contribution is 6.05. The molecule has 1 fully saturated rings. The number of ketones is 1. The molecule has 0 bridgehead atoms. The molecule has 2 aliphatic rings. The number of benzene rings is 1. The zero-order chi connectivity index (χ0) is 19.4. The first-order chi connectivity index (χ1) is 13.0. The number of hydrogen-bond donors (Lipinski definition) is 2. The first-order valence-electron chi connectivity index (χ1n) is 9.22. The van der Waals surface area contributed by atoms with Gasteiger partial charge in [0.25, 0.3) is 0 Å². The Kier molecular flexibility index (Phi) is 5.95. The number of nitrogens with one attached hydrogen (secondary N) is 2. The molecule has 8 heteroatoms. The summed E-state index contributed by atoms with van der Waals surface area (Å²) in [6.45, 7) is 5.68. The van der Waals surface area contributed by atoms with E-state index >= 15 is 0 Å². The van der Waals surface area contributed by atoms with Gasteiger partial charge in [-0.2, -0.15) is 0 Å². The van der Waals surface area contributed by atoms with Crippen LogP contribution in [0.5, 0.6) is 11.5 Å². The van der Waals surface area contributed by atoms with Crippen molar-refractivity contribution in [1.29, 1.82) is 0 Å². The van der Waals surface area contributed by atoms with Gasteiger partial charge in [-0.05, 0) is 45.8 Å². The highest BCUT2D eigenvalue weighted by Crippen LogP contribution is 2.37. The van der Waals surface area contributed by atoms with E-state index in [1.807, 2.05) is 11.8 Å². The van der Waals surface area contributed by atoms with E-state index in [9.17, 15) is 14.4 Å². The summed E-state index contributed by atoms with van der Waals surface area (Å²) >= 11 is 0. The zero-order valence-corrected chi connectivity index (χ0v) is 15.7. The molecule has 2 aliphatic heterocycles. The molecule has 2 amide bonds. The molecule has 0 atom stereocenters. The summed E-state index contributed by atoms with van der Waals surface area (Å²) in [7, 11) is 0. The number of Topliss-reactive ketones (excluding diaryl/α,β-unsaturated/α-hetero) is 1. The summed E-state index contributed by atoms with van der Waals surface area (Å²) in [6.07, 6.45) is 1.48. The molecule has 1 aromatic rings. The highest BCUT2D eigenvalue weighted by atomic mass is 16.7. The number of carbonyl (C=O) groups excluding carboxylic acids is 3. The maximum atomic E-state index is 12.5. The van der Waals surface area contributed by atoms with E-state index in [-0.39, 0.29) is 36.9 Å². The first-order valence-corrected chi connectivity index (χ1v) is 9.22. The Morgan fingerprint density at radius 2 is 1.81 bits per heavy atom. The zero-order valence-electron chi connectivity index (χ0n) is 15.7. The number of amides is 2. The van der Waals surface area contributed by atoms with Gasteiger partial charge in [0.15, 0.2) is 17.3 Å². The van der Waals surface area contributed by atoms with Crippen molar-refractivity contribution in [3.05, 3.63) is 17.7 Å². The van der Waals surface area contributed by atoms with Crippen LogP contribution in [-0.2, 0) is 9.59 Å². The lowest BCUT2D eigenvalue weighted by molar-refractivity contribution is -0.126. The third-order valence-corrected chi connectivity index (χ3v) is 4.84. The van der Waals surface area contributed by atoms with E-state index in [0.29, 0.717) is 42.4 Å². The van der Waals surface area contributed by atoms with Crippen molar-refractivity contribution in [3.63, 3.8) is 0 Å². The van der Waals surface area contributed by atoms with Crippen LogP contribution in [0.1, 0.15) is 37.0 Å². The molecule has 0 radical (unpaired) electrons. The summed E-state index contributed by atoms with van der Waals surface area (Å²) in [6, 6.07) is 3.22. The predicted molar refractivity (Wildman–Crippen MR) is 99.0 cm³/mol. The number of ether oxygens (including phenoxy) is 2. The Balaban J connectivity index is 1.57. The van der Waals surface area contributed by atoms with Crippen molar-refractivity contribution >= 4 is 23.3 Å². The highest BCUT2D eigenvalue weighted by Gasteiger charge is 2.26. The van der Waals surface area contributed by atoms with Crippen LogP contribution in [-0.4, -0.2) is 55.5 Å². The fourth-order valence-corrected chi connectivity index (χ4v) is 3.40. The molecule has 1 aromatic carbocycles. The van der Waals surface area contributed by atoms with Crippen molar-refractivity contribution < 1.29 is 23.9 Å². The molecule has 0 aromatic heterocycles. The average molecular weight is 375 g/mol. The molecule has 146 valence electrons. The molecule has 27 heavy (non-hydrogen) atoms. The SMILES string of the molecule is CCNC(=O)C1CCN(CC(=O)Nc2cc3c(cc2C(C)=O)OCO3)CC1. The fourth-order valence-electron chi connectivity index (χ4n) is 3.40. The molecular weight excluding hydrogens is 350 g/mol. The van der Waals surface area contributed by atoms with Gasteiger partial charge in [0, 0.05) is 24.1 Å². The van der Waals surface area contributed by atoms with Gasteiger partial charge in [-0.25, -0.2) is 0 Å². The number of fused-ring (bicyclic) bond motifs is 1. The van der Waals surface area contributed by atoms with Crippen molar-refractivity contribution in [1.82, 2.24) is 10.2 Å². The van der Waals surface area contributed by atoms with Gasteiger partial charge in [0.1, 0.15) is 0 Å². The minimum atomic E-state index is -0.201. The maximum absolute atomic E-state index is 12.5. The number of anilines is 1. The van der Waals surface area contributed by atoms with E-state index in [1.54, 1.807) is 12.1 Å². The summed E-state index contributed by atoms with van der Waals surface area (Å²) < 4.78 is 10.6. The Bertz CT molecular complexity index is 741. The van der Waals surface area contributed by atoms with Gasteiger partial charge in [-0.3, -0.25) is 19.3 Å². The minimum Gasteiger partial charge on any atom is -0.454 e. The van der Waals surface area contributed by atoms with Gasteiger partial charge in [0.2, 0.25) is 18.6 Å². The van der Waals surface area contributed by atoms with Gasteiger partial charge < -0.3 is 20.1 Å². The monoisotopic (exact) mass is 375 g/mol. The molecule has 2 N–H and O–H groups in total. The summed E-state index contributed by atoms with van der Waals surface area (Å²) in [5.74, 6) is 0.762. The maximum Gasteiger partial charge on any atom is 0.238 e. The van der Waals surface area contributed by atoms with Crippen LogP contribution in [0.2, 0.25) is 0 Å². The van der Waals surface area contributed by atoms with Crippen molar-refractivity contribution in [3.8, 4) is 11.5 Å². The standard InChI is InChI=1S/C19H25N3O5/c1-3-20-19(25)13-4-6-22(7-5-13)10-18(24)21-15-9-17-16(26-11-27-17)8-14(15)12(2)23/h8-9,13H,3-7,10-11H2,1-2H3,(H,20,25)(H,21,24). The van der Waals surface area contributed by atoms with Crippen LogP contribution < -0.4 is 20.1 Å². The quantitative estimate of drug-likeness (QED) is 0.730. The fraction of sp³-hybridized carbons (Fsp3) is 0.526. The van der Waals surface area contributed by atoms with Crippen LogP contribution in [0.4, 0.5) is 5.69 Å². The Hall–Kier alpha value is -2.61. The first kappa shape index (κ1) is 19.2. The molecule has 0 unspecified atom stereocenters. The number of hydrogen-bond acceptors (Lipinski definition) is 6. The molecule has 0 spiro atoms. The van der Waals surface area contributed by atoms with Crippen LogP contribution in [0.3, 0.4) is 0 Å². The molecule has 1 saturated heterocycles. The van der Waals surface area contributed by atoms with E-state index < -0.39 is 0 Å². The molecule has 0 saturated carbocycles. The number of rotatable bonds is 6. The Labute approximate surface area is 158 Å². The summed E-state index contributed by atoms with van der Waals surface area (Å²) in [5, 5.41) is 5.66. The number of likely N-dealkylation sites (tertiary alicyclic amines) is 1. The predicted octanol–water partition coefficient (Wildman–Crippen LogP) is 1.40.